The summed E-state index contributed by atoms with van der Waals surface area (Å²) in [6.07, 6.45) is 6.45. The van der Waals surface area contributed by atoms with Crippen molar-refractivity contribution in [3.8, 4) is 0 Å². The SMILES string of the molecule is Cc1ccc(C(C)N=C(N)C2CCCCC2)s1. The average molecular weight is 250 g/mol. The number of hydrogen-bond acceptors (Lipinski definition) is 2. The van der Waals surface area contributed by atoms with E-state index < -0.39 is 0 Å². The van der Waals surface area contributed by atoms with E-state index in [2.05, 4.69) is 31.0 Å². The molecule has 0 aromatic carbocycles. The first kappa shape index (κ1) is 12.6. The van der Waals surface area contributed by atoms with Gasteiger partial charge in [-0.2, -0.15) is 0 Å². The van der Waals surface area contributed by atoms with E-state index in [1.165, 1.54) is 41.9 Å². The first-order valence-corrected chi connectivity index (χ1v) is 7.38. The van der Waals surface area contributed by atoms with Gasteiger partial charge in [0.1, 0.15) is 0 Å². The zero-order chi connectivity index (χ0) is 12.3. The van der Waals surface area contributed by atoms with Gasteiger partial charge in [-0.1, -0.05) is 19.3 Å². The molecule has 17 heavy (non-hydrogen) atoms. The predicted molar refractivity (Wildman–Crippen MR) is 75.7 cm³/mol. The summed E-state index contributed by atoms with van der Waals surface area (Å²) in [6.45, 7) is 4.27. The van der Waals surface area contributed by atoms with Crippen LogP contribution in [0, 0.1) is 12.8 Å². The Balaban J connectivity index is 2.02. The third-order valence-electron chi connectivity index (χ3n) is 3.54. The monoisotopic (exact) mass is 250 g/mol. The summed E-state index contributed by atoms with van der Waals surface area (Å²) < 4.78 is 0. The van der Waals surface area contributed by atoms with Gasteiger partial charge in [0.25, 0.3) is 0 Å². The van der Waals surface area contributed by atoms with Gasteiger partial charge in [0.05, 0.1) is 11.9 Å². The number of aryl methyl sites for hydroxylation is 1. The molecule has 2 N–H and O–H groups in total. The Hall–Kier alpha value is -0.830. The van der Waals surface area contributed by atoms with Gasteiger partial charge < -0.3 is 5.73 Å². The van der Waals surface area contributed by atoms with E-state index in [-0.39, 0.29) is 6.04 Å². The molecule has 0 aliphatic heterocycles. The van der Waals surface area contributed by atoms with Gasteiger partial charge in [-0.05, 0) is 38.8 Å². The molecule has 1 aliphatic carbocycles. The Morgan fingerprint density at radius 2 is 2.06 bits per heavy atom. The average Bonchev–Trinajstić information content (AvgIpc) is 2.77. The highest BCUT2D eigenvalue weighted by atomic mass is 32.1. The normalized spacial score (nSPS) is 20.5. The Morgan fingerprint density at radius 3 is 2.65 bits per heavy atom. The molecule has 0 radical (unpaired) electrons. The predicted octanol–water partition coefficient (Wildman–Crippen LogP) is 4.06. The van der Waals surface area contributed by atoms with Crippen LogP contribution in [0.25, 0.3) is 0 Å². The summed E-state index contributed by atoms with van der Waals surface area (Å²) in [5, 5.41) is 0. The standard InChI is InChI=1S/C14H22N2S/c1-10-8-9-13(17-10)11(2)16-14(15)12-6-4-3-5-7-12/h8-9,11-12H,3-7H2,1-2H3,(H2,15,16). The molecule has 2 nitrogen and oxygen atoms in total. The number of amidine groups is 1. The van der Waals surface area contributed by atoms with Crippen molar-refractivity contribution < 1.29 is 0 Å². The van der Waals surface area contributed by atoms with Crippen LogP contribution < -0.4 is 5.73 Å². The fourth-order valence-corrected chi connectivity index (χ4v) is 3.34. The van der Waals surface area contributed by atoms with Gasteiger partial charge in [-0.15, -0.1) is 11.3 Å². The van der Waals surface area contributed by atoms with Crippen molar-refractivity contribution in [2.24, 2.45) is 16.6 Å². The van der Waals surface area contributed by atoms with Crippen molar-refractivity contribution in [1.29, 1.82) is 0 Å². The van der Waals surface area contributed by atoms with Gasteiger partial charge >= 0.3 is 0 Å². The second-order valence-corrected chi connectivity index (χ2v) is 6.33. The summed E-state index contributed by atoms with van der Waals surface area (Å²) in [7, 11) is 0. The minimum absolute atomic E-state index is 0.218. The van der Waals surface area contributed by atoms with Crippen molar-refractivity contribution in [2.45, 2.75) is 52.0 Å². The Morgan fingerprint density at radius 1 is 1.35 bits per heavy atom. The lowest BCUT2D eigenvalue weighted by Crippen LogP contribution is -2.26. The molecule has 1 aromatic heterocycles. The molecular formula is C14H22N2S. The van der Waals surface area contributed by atoms with Crippen LogP contribution in [0.5, 0.6) is 0 Å². The smallest absolute Gasteiger partial charge is 0.0976 e. The summed E-state index contributed by atoms with van der Waals surface area (Å²) >= 11 is 1.82. The van der Waals surface area contributed by atoms with Crippen LogP contribution in [-0.4, -0.2) is 5.84 Å². The third kappa shape index (κ3) is 3.32. The van der Waals surface area contributed by atoms with Crippen LogP contribution in [0.4, 0.5) is 0 Å². The molecule has 1 atom stereocenters. The quantitative estimate of drug-likeness (QED) is 0.637. The Kier molecular flexibility index (Phi) is 4.21. The second kappa shape index (κ2) is 5.67. The summed E-state index contributed by atoms with van der Waals surface area (Å²) in [6, 6.07) is 4.54. The second-order valence-electron chi connectivity index (χ2n) is 5.01. The van der Waals surface area contributed by atoms with Crippen molar-refractivity contribution in [3.05, 3.63) is 21.9 Å². The van der Waals surface area contributed by atoms with E-state index in [1.54, 1.807) is 0 Å². The number of nitrogens with zero attached hydrogens (tertiary/aromatic N) is 1. The fourth-order valence-electron chi connectivity index (χ4n) is 2.47. The highest BCUT2D eigenvalue weighted by Crippen LogP contribution is 2.28. The van der Waals surface area contributed by atoms with Gasteiger partial charge in [0.15, 0.2) is 0 Å². The van der Waals surface area contributed by atoms with E-state index in [4.69, 9.17) is 5.73 Å². The highest BCUT2D eigenvalue weighted by Gasteiger charge is 2.18. The lowest BCUT2D eigenvalue weighted by Gasteiger charge is -2.21. The van der Waals surface area contributed by atoms with Crippen molar-refractivity contribution in [2.75, 3.05) is 0 Å². The molecule has 1 fully saturated rings. The van der Waals surface area contributed by atoms with E-state index in [9.17, 15) is 0 Å². The van der Waals surface area contributed by atoms with Crippen LogP contribution in [0.15, 0.2) is 17.1 Å². The molecule has 0 amide bonds. The van der Waals surface area contributed by atoms with Crippen molar-refractivity contribution >= 4 is 17.2 Å². The number of aliphatic imine (C=N–C) groups is 1. The van der Waals surface area contributed by atoms with Gasteiger partial charge in [0, 0.05) is 15.7 Å². The van der Waals surface area contributed by atoms with Gasteiger partial charge in [0.2, 0.25) is 0 Å². The molecule has 1 unspecified atom stereocenters. The molecule has 0 saturated heterocycles. The largest absolute Gasteiger partial charge is 0.387 e. The third-order valence-corrected chi connectivity index (χ3v) is 4.71. The Labute approximate surface area is 108 Å². The lowest BCUT2D eigenvalue weighted by molar-refractivity contribution is 0.435. The lowest BCUT2D eigenvalue weighted by atomic mass is 9.88. The van der Waals surface area contributed by atoms with Crippen molar-refractivity contribution in [1.82, 2.24) is 0 Å². The molecule has 3 heteroatoms. The maximum absolute atomic E-state index is 6.15. The first-order chi connectivity index (χ1) is 8.16. The highest BCUT2D eigenvalue weighted by molar-refractivity contribution is 7.12. The van der Waals surface area contributed by atoms with Gasteiger partial charge in [-0.25, -0.2) is 0 Å². The maximum Gasteiger partial charge on any atom is 0.0976 e. The molecule has 2 rings (SSSR count). The van der Waals surface area contributed by atoms with Crippen LogP contribution in [0.1, 0.15) is 54.8 Å². The van der Waals surface area contributed by atoms with Crippen LogP contribution in [0.3, 0.4) is 0 Å². The van der Waals surface area contributed by atoms with Crippen LogP contribution in [0.2, 0.25) is 0 Å². The zero-order valence-corrected chi connectivity index (χ0v) is 11.6. The molecule has 1 saturated carbocycles. The molecule has 0 bridgehead atoms. The minimum Gasteiger partial charge on any atom is -0.387 e. The molecular weight excluding hydrogens is 228 g/mol. The Bertz CT molecular complexity index is 389. The van der Waals surface area contributed by atoms with Crippen LogP contribution >= 0.6 is 11.3 Å². The maximum atomic E-state index is 6.15. The van der Waals surface area contributed by atoms with E-state index >= 15 is 0 Å². The number of thiophene rings is 1. The van der Waals surface area contributed by atoms with Crippen molar-refractivity contribution in [3.63, 3.8) is 0 Å². The van der Waals surface area contributed by atoms with Gasteiger partial charge in [-0.3, -0.25) is 4.99 Å². The fraction of sp³-hybridized carbons (Fsp3) is 0.643. The molecule has 1 aromatic rings. The number of rotatable bonds is 3. The first-order valence-electron chi connectivity index (χ1n) is 6.56. The van der Waals surface area contributed by atoms with E-state index in [0.717, 1.165) is 5.84 Å². The molecule has 1 aliphatic rings. The van der Waals surface area contributed by atoms with Crippen LogP contribution in [-0.2, 0) is 0 Å². The number of hydrogen-bond donors (Lipinski definition) is 1. The summed E-state index contributed by atoms with van der Waals surface area (Å²) in [5.41, 5.74) is 6.15. The minimum atomic E-state index is 0.218. The number of nitrogens with two attached hydrogens (primary N) is 1. The molecule has 94 valence electrons. The molecule has 1 heterocycles. The van der Waals surface area contributed by atoms with E-state index in [1.807, 2.05) is 11.3 Å². The van der Waals surface area contributed by atoms with E-state index in [0.29, 0.717) is 5.92 Å². The molecule has 0 spiro atoms. The zero-order valence-electron chi connectivity index (χ0n) is 10.8. The summed E-state index contributed by atoms with van der Waals surface area (Å²) in [4.78, 5) is 7.36. The summed E-state index contributed by atoms with van der Waals surface area (Å²) in [5.74, 6) is 1.41. The topological polar surface area (TPSA) is 38.4 Å².